The summed E-state index contributed by atoms with van der Waals surface area (Å²) in [6, 6.07) is 9.99. The summed E-state index contributed by atoms with van der Waals surface area (Å²) in [7, 11) is 1.54. The first kappa shape index (κ1) is 17.2. The molecule has 26 heavy (non-hydrogen) atoms. The average molecular weight is 356 g/mol. The summed E-state index contributed by atoms with van der Waals surface area (Å²) in [5.41, 5.74) is 0.331. The number of rotatable bonds is 5. The highest BCUT2D eigenvalue weighted by Crippen LogP contribution is 2.28. The molecule has 2 aromatic carbocycles. The van der Waals surface area contributed by atoms with Crippen LogP contribution in [0.15, 0.2) is 51.9 Å². The van der Waals surface area contributed by atoms with Gasteiger partial charge in [0.05, 0.1) is 24.6 Å². The van der Waals surface area contributed by atoms with E-state index in [1.807, 2.05) is 0 Å². The predicted molar refractivity (Wildman–Crippen MR) is 90.8 cm³/mol. The Labute approximate surface area is 147 Å². The van der Waals surface area contributed by atoms with Crippen LogP contribution < -0.4 is 4.74 Å². The van der Waals surface area contributed by atoms with Crippen LogP contribution in [0.2, 0.25) is 0 Å². The fourth-order valence-corrected chi connectivity index (χ4v) is 2.19. The normalized spacial score (nSPS) is 11.0. The Morgan fingerprint density at radius 3 is 2.65 bits per heavy atom. The lowest BCUT2D eigenvalue weighted by Gasteiger charge is -2.00. The van der Waals surface area contributed by atoms with Gasteiger partial charge in [-0.25, -0.2) is 14.2 Å². The zero-order valence-corrected chi connectivity index (χ0v) is 13.5. The molecule has 0 spiro atoms. The van der Waals surface area contributed by atoms with Crippen LogP contribution in [0.5, 0.6) is 11.7 Å². The van der Waals surface area contributed by atoms with Gasteiger partial charge >= 0.3 is 11.9 Å². The maximum atomic E-state index is 13.2. The van der Waals surface area contributed by atoms with Crippen LogP contribution in [0.3, 0.4) is 0 Å². The molecule has 0 saturated heterocycles. The molecule has 0 saturated carbocycles. The molecular weight excluding hydrogens is 343 g/mol. The van der Waals surface area contributed by atoms with Crippen LogP contribution in [-0.2, 0) is 0 Å². The van der Waals surface area contributed by atoms with Crippen molar-refractivity contribution in [2.45, 2.75) is 0 Å². The van der Waals surface area contributed by atoms with E-state index in [0.29, 0.717) is 11.3 Å². The molecule has 3 rings (SSSR count). The number of aromatic hydroxyl groups is 1. The van der Waals surface area contributed by atoms with Crippen molar-refractivity contribution in [1.82, 2.24) is 4.98 Å². The van der Waals surface area contributed by atoms with E-state index < -0.39 is 17.7 Å². The Balaban J connectivity index is 1.90. The Kier molecular flexibility index (Phi) is 4.66. The first-order chi connectivity index (χ1) is 12.5. The molecule has 0 amide bonds. The third-order valence-corrected chi connectivity index (χ3v) is 3.49. The molecule has 0 atom stereocenters. The molecular formula is C18H13FN2O5. The number of hydrogen-bond acceptors (Lipinski definition) is 6. The number of carboxylic acid groups (broad SMARTS) is 1. The van der Waals surface area contributed by atoms with Crippen molar-refractivity contribution in [1.29, 1.82) is 0 Å². The zero-order valence-electron chi connectivity index (χ0n) is 13.5. The summed E-state index contributed by atoms with van der Waals surface area (Å²) in [4.78, 5) is 19.2. The van der Waals surface area contributed by atoms with Crippen LogP contribution >= 0.6 is 0 Å². The molecule has 1 aromatic heterocycles. The lowest BCUT2D eigenvalue weighted by atomic mass is 10.2. The molecule has 0 fully saturated rings. The van der Waals surface area contributed by atoms with Crippen LogP contribution in [0.4, 0.5) is 10.1 Å². The van der Waals surface area contributed by atoms with E-state index in [4.69, 9.17) is 14.3 Å². The van der Waals surface area contributed by atoms with Gasteiger partial charge in [0.1, 0.15) is 11.6 Å². The Bertz CT molecular complexity index is 980. The van der Waals surface area contributed by atoms with Crippen molar-refractivity contribution in [3.8, 4) is 23.1 Å². The molecule has 0 bridgehead atoms. The lowest BCUT2D eigenvalue weighted by molar-refractivity contribution is 0.0697. The number of benzene rings is 2. The molecule has 0 aliphatic carbocycles. The average Bonchev–Trinajstić information content (AvgIpc) is 3.01. The second kappa shape index (κ2) is 7.06. The van der Waals surface area contributed by atoms with E-state index in [9.17, 15) is 14.3 Å². The fourth-order valence-electron chi connectivity index (χ4n) is 2.19. The van der Waals surface area contributed by atoms with E-state index in [-0.39, 0.29) is 22.8 Å². The number of methoxy groups -OCH3 is 1. The highest BCUT2D eigenvalue weighted by molar-refractivity contribution is 5.95. The third kappa shape index (κ3) is 3.54. The maximum absolute atomic E-state index is 13.2. The number of ether oxygens (including phenoxy) is 1. The van der Waals surface area contributed by atoms with Crippen LogP contribution in [0, 0.1) is 5.82 Å². The smallest absolute Gasteiger partial charge is 0.338 e. The minimum absolute atomic E-state index is 0.0106. The van der Waals surface area contributed by atoms with E-state index >= 15 is 0 Å². The molecule has 8 heteroatoms. The molecule has 3 aromatic rings. The Morgan fingerprint density at radius 2 is 2.00 bits per heavy atom. The van der Waals surface area contributed by atoms with Crippen molar-refractivity contribution >= 4 is 17.9 Å². The summed E-state index contributed by atoms with van der Waals surface area (Å²) >= 11 is 0. The summed E-state index contributed by atoms with van der Waals surface area (Å²) in [6.45, 7) is 0. The topological polar surface area (TPSA) is 105 Å². The summed E-state index contributed by atoms with van der Waals surface area (Å²) in [5.74, 6) is -1.67. The highest BCUT2D eigenvalue weighted by Gasteiger charge is 2.14. The molecule has 0 aliphatic rings. The van der Waals surface area contributed by atoms with Crippen LogP contribution in [0.25, 0.3) is 11.5 Å². The first-order valence-corrected chi connectivity index (χ1v) is 7.39. The lowest BCUT2D eigenvalue weighted by Crippen LogP contribution is -1.97. The van der Waals surface area contributed by atoms with Crippen molar-refractivity contribution in [3.63, 3.8) is 0 Å². The number of carbonyl (C=O) groups is 1. The Hall–Kier alpha value is -3.68. The fraction of sp³-hybridized carbons (Fsp3) is 0.0556. The largest absolute Gasteiger partial charge is 0.497 e. The molecule has 132 valence electrons. The van der Waals surface area contributed by atoms with E-state index in [0.717, 1.165) is 18.3 Å². The SMILES string of the molecule is COc1ccc(-c2nc(C=Nc3ccc(F)cc3C(=O)O)c(O)o2)cc1. The van der Waals surface area contributed by atoms with Crippen molar-refractivity contribution in [3.05, 3.63) is 59.5 Å². The monoisotopic (exact) mass is 356 g/mol. The number of oxazole rings is 1. The van der Waals surface area contributed by atoms with E-state index in [1.54, 1.807) is 31.4 Å². The van der Waals surface area contributed by atoms with E-state index in [1.165, 1.54) is 6.07 Å². The van der Waals surface area contributed by atoms with Gasteiger partial charge in [-0.05, 0) is 42.5 Å². The summed E-state index contributed by atoms with van der Waals surface area (Å²) in [6.07, 6.45) is 1.14. The quantitative estimate of drug-likeness (QED) is 0.676. The van der Waals surface area contributed by atoms with Gasteiger partial charge in [-0.2, -0.15) is 0 Å². The molecule has 0 aliphatic heterocycles. The summed E-state index contributed by atoms with van der Waals surface area (Å²) < 4.78 is 23.4. The first-order valence-electron chi connectivity index (χ1n) is 7.39. The van der Waals surface area contributed by atoms with Gasteiger partial charge in [0, 0.05) is 5.56 Å². The van der Waals surface area contributed by atoms with Crippen molar-refractivity contribution in [2.24, 2.45) is 4.99 Å². The molecule has 2 N–H and O–H groups in total. The van der Waals surface area contributed by atoms with Gasteiger partial charge in [-0.1, -0.05) is 0 Å². The van der Waals surface area contributed by atoms with Gasteiger partial charge in [-0.3, -0.25) is 4.99 Å². The highest BCUT2D eigenvalue weighted by atomic mass is 19.1. The number of carboxylic acids is 1. The number of aliphatic imine (C=N–C) groups is 1. The predicted octanol–water partition coefficient (Wildman–Crippen LogP) is 3.64. The number of halogens is 1. The maximum Gasteiger partial charge on any atom is 0.338 e. The third-order valence-electron chi connectivity index (χ3n) is 3.49. The number of aromatic nitrogens is 1. The minimum Gasteiger partial charge on any atom is -0.497 e. The van der Waals surface area contributed by atoms with E-state index in [2.05, 4.69) is 9.98 Å². The molecule has 0 unspecified atom stereocenters. The molecule has 0 radical (unpaired) electrons. The Morgan fingerprint density at radius 1 is 1.27 bits per heavy atom. The van der Waals surface area contributed by atoms with Gasteiger partial charge in [0.15, 0.2) is 5.69 Å². The van der Waals surface area contributed by atoms with Crippen LogP contribution in [0.1, 0.15) is 16.1 Å². The summed E-state index contributed by atoms with van der Waals surface area (Å²) in [5, 5.41) is 19.0. The van der Waals surface area contributed by atoms with Crippen molar-refractivity contribution in [2.75, 3.05) is 7.11 Å². The second-order valence-electron chi connectivity index (χ2n) is 5.16. The number of hydrogen-bond donors (Lipinski definition) is 2. The van der Waals surface area contributed by atoms with Gasteiger partial charge in [0.2, 0.25) is 5.89 Å². The second-order valence-corrected chi connectivity index (χ2v) is 5.16. The molecule has 7 nitrogen and oxygen atoms in total. The minimum atomic E-state index is -1.32. The van der Waals surface area contributed by atoms with Gasteiger partial charge in [-0.15, -0.1) is 0 Å². The standard InChI is InChI=1S/C18H13FN2O5/c1-25-12-5-2-10(3-6-12)16-21-15(18(24)26-16)9-20-14-7-4-11(19)8-13(14)17(22)23/h2-9,24H,1H3,(H,22,23). The van der Waals surface area contributed by atoms with Crippen molar-refractivity contribution < 1.29 is 28.6 Å². The zero-order chi connectivity index (χ0) is 18.7. The number of aromatic carboxylic acids is 1. The van der Waals surface area contributed by atoms with Gasteiger partial charge < -0.3 is 19.4 Å². The molecule has 1 heterocycles. The van der Waals surface area contributed by atoms with Crippen LogP contribution in [-0.4, -0.2) is 34.5 Å². The van der Waals surface area contributed by atoms with Gasteiger partial charge in [0.25, 0.3) is 0 Å². The number of nitrogens with zero attached hydrogens (tertiary/aromatic N) is 2.